The van der Waals surface area contributed by atoms with Gasteiger partial charge in [0, 0.05) is 34.0 Å². The van der Waals surface area contributed by atoms with Gasteiger partial charge in [0.15, 0.2) is 0 Å². The summed E-state index contributed by atoms with van der Waals surface area (Å²) in [4.78, 5) is 28.4. The van der Waals surface area contributed by atoms with Crippen LogP contribution in [-0.2, 0) is 29.0 Å². The molecular weight excluding hydrogens is 523 g/mol. The topological polar surface area (TPSA) is 49.4 Å². The fraction of sp³-hybridized carbons (Fsp3) is 0.231. The number of rotatable bonds is 9. The second kappa shape index (κ2) is 12.2. The third kappa shape index (κ3) is 7.32. The number of likely N-dealkylation sites (N-methyl/N-ethyl adjacent to an activating group) is 1. The summed E-state index contributed by atoms with van der Waals surface area (Å²) < 4.78 is 0.908. The van der Waals surface area contributed by atoms with Gasteiger partial charge >= 0.3 is 0 Å². The SMILES string of the molecule is CCNC(=O)[C@H](Cc1ccccc1)N(Cc1cccc(Br)c1)C(=O)Cc1ccc(Cl)cc1Cl. The van der Waals surface area contributed by atoms with E-state index >= 15 is 0 Å². The Balaban J connectivity index is 1.97. The number of hydrogen-bond donors (Lipinski definition) is 1. The van der Waals surface area contributed by atoms with Crippen LogP contribution in [0.2, 0.25) is 10.0 Å². The summed E-state index contributed by atoms with van der Waals surface area (Å²) >= 11 is 15.8. The Morgan fingerprint density at radius 1 is 0.970 bits per heavy atom. The number of amides is 2. The molecule has 0 aromatic heterocycles. The van der Waals surface area contributed by atoms with Gasteiger partial charge in [-0.3, -0.25) is 9.59 Å². The van der Waals surface area contributed by atoms with Gasteiger partial charge in [0.1, 0.15) is 6.04 Å². The Morgan fingerprint density at radius 3 is 2.36 bits per heavy atom. The van der Waals surface area contributed by atoms with E-state index in [0.29, 0.717) is 28.6 Å². The van der Waals surface area contributed by atoms with Gasteiger partial charge in [0.25, 0.3) is 0 Å². The number of nitrogens with zero attached hydrogens (tertiary/aromatic N) is 1. The first-order chi connectivity index (χ1) is 15.9. The average molecular weight is 548 g/mol. The molecule has 0 radical (unpaired) electrons. The molecule has 0 spiro atoms. The molecule has 1 atom stereocenters. The average Bonchev–Trinajstić information content (AvgIpc) is 2.79. The molecule has 0 saturated carbocycles. The van der Waals surface area contributed by atoms with E-state index in [-0.39, 0.29) is 24.8 Å². The van der Waals surface area contributed by atoms with Gasteiger partial charge in [-0.15, -0.1) is 0 Å². The lowest BCUT2D eigenvalue weighted by Gasteiger charge is -2.31. The summed E-state index contributed by atoms with van der Waals surface area (Å²) in [6.45, 7) is 2.63. The van der Waals surface area contributed by atoms with Crippen molar-refractivity contribution >= 4 is 50.9 Å². The summed E-state index contributed by atoms with van der Waals surface area (Å²) in [7, 11) is 0. The van der Waals surface area contributed by atoms with Crippen molar-refractivity contribution in [3.8, 4) is 0 Å². The van der Waals surface area contributed by atoms with Crippen molar-refractivity contribution in [3.63, 3.8) is 0 Å². The van der Waals surface area contributed by atoms with E-state index in [2.05, 4.69) is 21.2 Å². The number of carbonyl (C=O) groups is 2. The van der Waals surface area contributed by atoms with Crippen LogP contribution in [0.1, 0.15) is 23.6 Å². The van der Waals surface area contributed by atoms with E-state index in [1.807, 2.05) is 61.5 Å². The van der Waals surface area contributed by atoms with Crippen LogP contribution in [0, 0.1) is 0 Å². The molecule has 4 nitrogen and oxygen atoms in total. The highest BCUT2D eigenvalue weighted by atomic mass is 79.9. The second-order valence-electron chi connectivity index (χ2n) is 7.66. The quantitative estimate of drug-likeness (QED) is 0.353. The molecule has 7 heteroatoms. The molecule has 2 amide bonds. The highest BCUT2D eigenvalue weighted by Gasteiger charge is 2.30. The molecule has 0 fully saturated rings. The van der Waals surface area contributed by atoms with Crippen molar-refractivity contribution in [2.45, 2.75) is 32.4 Å². The van der Waals surface area contributed by atoms with Crippen molar-refractivity contribution < 1.29 is 9.59 Å². The summed E-state index contributed by atoms with van der Waals surface area (Å²) in [5, 5.41) is 3.83. The highest BCUT2D eigenvalue weighted by molar-refractivity contribution is 9.10. The van der Waals surface area contributed by atoms with Crippen molar-refractivity contribution in [3.05, 3.63) is 104 Å². The van der Waals surface area contributed by atoms with Gasteiger partial charge in [0.05, 0.1) is 6.42 Å². The Bertz CT molecular complexity index is 1110. The largest absolute Gasteiger partial charge is 0.355 e. The van der Waals surface area contributed by atoms with Crippen LogP contribution in [0.5, 0.6) is 0 Å². The third-order valence-electron chi connectivity index (χ3n) is 5.22. The molecule has 3 rings (SSSR count). The number of hydrogen-bond acceptors (Lipinski definition) is 2. The Kier molecular flexibility index (Phi) is 9.36. The van der Waals surface area contributed by atoms with E-state index in [0.717, 1.165) is 15.6 Å². The first kappa shape index (κ1) is 25.3. The molecule has 3 aromatic carbocycles. The number of halogens is 3. The minimum Gasteiger partial charge on any atom is -0.355 e. The standard InChI is InChI=1S/C26H25BrCl2N2O2/c1-2-30-26(33)24(14-18-7-4-3-5-8-18)31(17-19-9-6-10-21(27)13-19)25(32)15-20-11-12-22(28)16-23(20)29/h3-13,16,24H,2,14-15,17H2,1H3,(H,30,33)/t24-/m0/s1. The fourth-order valence-electron chi connectivity index (χ4n) is 3.61. The maximum Gasteiger partial charge on any atom is 0.243 e. The van der Waals surface area contributed by atoms with E-state index < -0.39 is 6.04 Å². The minimum absolute atomic E-state index is 0.0642. The van der Waals surface area contributed by atoms with E-state index in [1.165, 1.54) is 0 Å². The molecule has 1 N–H and O–H groups in total. The molecule has 33 heavy (non-hydrogen) atoms. The van der Waals surface area contributed by atoms with Crippen molar-refractivity contribution in [1.82, 2.24) is 10.2 Å². The van der Waals surface area contributed by atoms with Gasteiger partial charge < -0.3 is 10.2 Å². The molecule has 0 saturated heterocycles. The molecule has 3 aromatic rings. The molecular formula is C26H25BrCl2N2O2. The van der Waals surface area contributed by atoms with E-state index in [9.17, 15) is 9.59 Å². The summed E-state index contributed by atoms with van der Waals surface area (Å²) in [6.07, 6.45) is 0.468. The zero-order valence-corrected chi connectivity index (χ0v) is 21.3. The smallest absolute Gasteiger partial charge is 0.243 e. The van der Waals surface area contributed by atoms with Crippen LogP contribution in [-0.4, -0.2) is 29.3 Å². The second-order valence-corrected chi connectivity index (χ2v) is 9.42. The Hall–Kier alpha value is -2.34. The predicted octanol–water partition coefficient (Wildman–Crippen LogP) is 6.07. The van der Waals surface area contributed by atoms with Crippen LogP contribution in [0.4, 0.5) is 0 Å². The van der Waals surface area contributed by atoms with Crippen LogP contribution < -0.4 is 5.32 Å². The maximum absolute atomic E-state index is 13.6. The molecule has 172 valence electrons. The van der Waals surface area contributed by atoms with Crippen LogP contribution in [0.25, 0.3) is 0 Å². The number of benzene rings is 3. The molecule has 0 heterocycles. The molecule has 0 bridgehead atoms. The van der Waals surface area contributed by atoms with Crippen molar-refractivity contribution in [2.24, 2.45) is 0 Å². The number of carbonyl (C=O) groups excluding carboxylic acids is 2. The molecule has 0 unspecified atom stereocenters. The Morgan fingerprint density at radius 2 is 1.70 bits per heavy atom. The fourth-order valence-corrected chi connectivity index (χ4v) is 4.53. The van der Waals surface area contributed by atoms with Crippen molar-refractivity contribution in [2.75, 3.05) is 6.54 Å². The summed E-state index contributed by atoms with van der Waals surface area (Å²) in [5.74, 6) is -0.377. The zero-order valence-electron chi connectivity index (χ0n) is 18.2. The van der Waals surface area contributed by atoms with Gasteiger partial charge in [-0.05, 0) is 47.9 Å². The summed E-state index contributed by atoms with van der Waals surface area (Å²) in [5.41, 5.74) is 2.56. The van der Waals surface area contributed by atoms with Crippen LogP contribution in [0.3, 0.4) is 0 Å². The first-order valence-corrected chi connectivity index (χ1v) is 12.2. The lowest BCUT2D eigenvalue weighted by atomic mass is 10.0. The number of nitrogens with one attached hydrogen (secondary N) is 1. The van der Waals surface area contributed by atoms with E-state index in [4.69, 9.17) is 23.2 Å². The maximum atomic E-state index is 13.6. The highest BCUT2D eigenvalue weighted by Crippen LogP contribution is 2.24. The van der Waals surface area contributed by atoms with Gasteiger partial charge in [-0.2, -0.15) is 0 Å². The van der Waals surface area contributed by atoms with Crippen LogP contribution in [0.15, 0.2) is 77.3 Å². The minimum atomic E-state index is -0.676. The third-order valence-corrected chi connectivity index (χ3v) is 6.30. The zero-order chi connectivity index (χ0) is 23.8. The normalized spacial score (nSPS) is 11.6. The molecule has 0 aliphatic carbocycles. The molecule has 0 aliphatic rings. The van der Waals surface area contributed by atoms with Crippen LogP contribution >= 0.6 is 39.1 Å². The molecule has 0 aliphatic heterocycles. The lowest BCUT2D eigenvalue weighted by molar-refractivity contribution is -0.140. The first-order valence-electron chi connectivity index (χ1n) is 10.7. The van der Waals surface area contributed by atoms with Gasteiger partial charge in [-0.25, -0.2) is 0 Å². The summed E-state index contributed by atoms with van der Waals surface area (Å²) in [6, 6.07) is 21.8. The monoisotopic (exact) mass is 546 g/mol. The Labute approximate surface area is 213 Å². The van der Waals surface area contributed by atoms with Gasteiger partial charge in [0.2, 0.25) is 11.8 Å². The van der Waals surface area contributed by atoms with Gasteiger partial charge in [-0.1, -0.05) is 87.7 Å². The lowest BCUT2D eigenvalue weighted by Crippen LogP contribution is -2.51. The van der Waals surface area contributed by atoms with Crippen molar-refractivity contribution in [1.29, 1.82) is 0 Å². The predicted molar refractivity (Wildman–Crippen MR) is 137 cm³/mol. The van der Waals surface area contributed by atoms with E-state index in [1.54, 1.807) is 23.1 Å².